The average molecular weight is 115 g/mol. The Morgan fingerprint density at radius 3 is 2.86 bits per heavy atom. The lowest BCUT2D eigenvalue weighted by molar-refractivity contribution is 0.605. The van der Waals surface area contributed by atoms with Crippen molar-refractivity contribution >= 4 is 11.7 Å². The van der Waals surface area contributed by atoms with Gasteiger partial charge in [-0.25, -0.2) is 0 Å². The molecule has 0 heterocycles. The first-order chi connectivity index (χ1) is 3.41. The van der Waals surface area contributed by atoms with Gasteiger partial charge in [-0.1, -0.05) is 5.92 Å². The van der Waals surface area contributed by atoms with Crippen LogP contribution in [-0.4, -0.2) is 5.75 Å². The average Bonchev–Trinajstić information content (AvgIpc) is 1.69. The highest BCUT2D eigenvalue weighted by molar-refractivity contribution is 7.65. The van der Waals surface area contributed by atoms with Crippen molar-refractivity contribution in [2.24, 2.45) is 0 Å². The molecule has 2 heteroatoms. The van der Waals surface area contributed by atoms with Gasteiger partial charge in [0, 0.05) is 4.21 Å². The van der Waals surface area contributed by atoms with Gasteiger partial charge in [-0.2, -0.15) is 0 Å². The minimum Gasteiger partial charge on any atom is -0.107 e. The van der Waals surface area contributed by atoms with Crippen molar-refractivity contribution in [2.75, 3.05) is 5.75 Å². The summed E-state index contributed by atoms with van der Waals surface area (Å²) in [6, 6.07) is 0. The summed E-state index contributed by atoms with van der Waals surface area (Å²) >= 11 is 0.589. The Balaban J connectivity index is 2.92. The smallest absolute Gasteiger partial charge is 0.107 e. The molecule has 0 aliphatic carbocycles. The highest BCUT2D eigenvalue weighted by atomic mass is 32.1. The summed E-state index contributed by atoms with van der Waals surface area (Å²) in [6.45, 7) is 1.77. The molecule has 0 unspecified atom stereocenters. The Labute approximate surface area is 47.6 Å². The van der Waals surface area contributed by atoms with Crippen LogP contribution in [0.3, 0.4) is 0 Å². The lowest BCUT2D eigenvalue weighted by Crippen LogP contribution is -1.74. The molecule has 0 spiro atoms. The lowest BCUT2D eigenvalue weighted by Gasteiger charge is -1.60. The maximum absolute atomic E-state index is 9.65. The fraction of sp³-hybridized carbons (Fsp3) is 0.600. The van der Waals surface area contributed by atoms with Crippen LogP contribution in [0, 0.1) is 11.8 Å². The van der Waals surface area contributed by atoms with Crippen molar-refractivity contribution < 1.29 is 4.21 Å². The maximum Gasteiger partial charge on any atom is 0.459 e. The molecule has 0 aliphatic rings. The Bertz CT molecular complexity index is 98.4. The van der Waals surface area contributed by atoms with Crippen molar-refractivity contribution in [1.82, 2.24) is 0 Å². The molecule has 0 amide bonds. The molecule has 38 valence electrons. The minimum atomic E-state index is 0.589. The van der Waals surface area contributed by atoms with Crippen LogP contribution in [0.15, 0.2) is 0 Å². The molecule has 0 N–H and O–H groups in total. The van der Waals surface area contributed by atoms with E-state index in [9.17, 15) is 4.21 Å². The van der Waals surface area contributed by atoms with Crippen LogP contribution in [0.2, 0.25) is 0 Å². The molecule has 7 heavy (non-hydrogen) atoms. The van der Waals surface area contributed by atoms with Crippen LogP contribution >= 0.6 is 0 Å². The van der Waals surface area contributed by atoms with Gasteiger partial charge in [0.05, 0.1) is 6.42 Å². The molecule has 0 fully saturated rings. The summed E-state index contributed by atoms with van der Waals surface area (Å²) in [6.07, 6.45) is 0.727. The van der Waals surface area contributed by atoms with Gasteiger partial charge >= 0.3 is 11.7 Å². The van der Waals surface area contributed by atoms with Crippen LogP contribution in [0.5, 0.6) is 0 Å². The Morgan fingerprint density at radius 2 is 2.43 bits per heavy atom. The molecule has 0 atom stereocenters. The summed E-state index contributed by atoms with van der Waals surface area (Å²) in [5, 5.41) is 0. The second-order valence-electron chi connectivity index (χ2n) is 0.999. The quantitative estimate of drug-likeness (QED) is 0.296. The predicted molar refractivity (Wildman–Crippen MR) is 31.0 cm³/mol. The molecular weight excluding hydrogens is 108 g/mol. The third-order valence-corrected chi connectivity index (χ3v) is 0.858. The van der Waals surface area contributed by atoms with E-state index in [0.29, 0.717) is 17.4 Å². The van der Waals surface area contributed by atoms with E-state index in [1.54, 1.807) is 6.92 Å². The second kappa shape index (κ2) is 5.58. The van der Waals surface area contributed by atoms with Gasteiger partial charge in [-0.05, 0) is 6.92 Å². The minimum absolute atomic E-state index is 0.589. The molecule has 0 saturated carbocycles. The molecule has 0 saturated heterocycles. The van der Waals surface area contributed by atoms with E-state index >= 15 is 0 Å². The topological polar surface area (TPSA) is 17.1 Å². The third-order valence-electron chi connectivity index (χ3n) is 0.487. The summed E-state index contributed by atoms with van der Waals surface area (Å²) < 4.78 is 9.65. The van der Waals surface area contributed by atoms with E-state index in [4.69, 9.17) is 0 Å². The zero-order chi connectivity index (χ0) is 5.54. The van der Waals surface area contributed by atoms with Crippen LogP contribution < -0.4 is 0 Å². The third kappa shape index (κ3) is 5.58. The van der Waals surface area contributed by atoms with Crippen LogP contribution in [-0.2, 0) is 15.9 Å². The van der Waals surface area contributed by atoms with Gasteiger partial charge in [0.1, 0.15) is 0 Å². The predicted octanol–water partition coefficient (Wildman–Crippen LogP) is 0.828. The molecule has 0 aromatic heterocycles. The van der Waals surface area contributed by atoms with Crippen molar-refractivity contribution in [3.63, 3.8) is 0 Å². The van der Waals surface area contributed by atoms with Gasteiger partial charge < -0.3 is 0 Å². The first-order valence-corrected chi connectivity index (χ1v) is 2.97. The second-order valence-corrected chi connectivity index (χ2v) is 1.64. The van der Waals surface area contributed by atoms with Crippen molar-refractivity contribution in [3.8, 4) is 11.8 Å². The normalized spacial score (nSPS) is 6.43. The lowest BCUT2D eigenvalue weighted by atomic mass is 10.5. The zero-order valence-electron chi connectivity index (χ0n) is 4.23. The van der Waals surface area contributed by atoms with E-state index in [1.165, 1.54) is 0 Å². The Hall–Kier alpha value is -0.420. The molecule has 0 aliphatic heterocycles. The number of hydrogen-bond donors (Lipinski definition) is 0. The summed E-state index contributed by atoms with van der Waals surface area (Å²) in [5.74, 6) is 6.09. The zero-order valence-corrected chi connectivity index (χ0v) is 5.05. The van der Waals surface area contributed by atoms with Crippen molar-refractivity contribution in [3.05, 3.63) is 0 Å². The van der Waals surface area contributed by atoms with E-state index < -0.39 is 0 Å². The number of hydrogen-bond acceptors (Lipinski definition) is 1. The fourth-order valence-electron chi connectivity index (χ4n) is 0.218. The van der Waals surface area contributed by atoms with Gasteiger partial charge in [0.25, 0.3) is 0 Å². The summed E-state index contributed by atoms with van der Waals surface area (Å²) in [5.41, 5.74) is 0. The van der Waals surface area contributed by atoms with Gasteiger partial charge in [0.2, 0.25) is 5.75 Å². The molecule has 0 radical (unpaired) electrons. The van der Waals surface area contributed by atoms with Crippen LogP contribution in [0.25, 0.3) is 0 Å². The molecule has 0 aromatic carbocycles. The van der Waals surface area contributed by atoms with E-state index in [0.717, 1.165) is 6.42 Å². The monoisotopic (exact) mass is 115 g/mol. The van der Waals surface area contributed by atoms with E-state index in [2.05, 4.69) is 11.8 Å². The molecule has 0 rings (SSSR count). The highest BCUT2D eigenvalue weighted by Gasteiger charge is 1.89. The molecular formula is C5H7OS+. The standard InChI is InChI=1S/C5H7OS/c1-2-3-4-5-7-6/h4-5H2,1H3/q+1. The van der Waals surface area contributed by atoms with Crippen LogP contribution in [0.4, 0.5) is 0 Å². The van der Waals surface area contributed by atoms with Crippen molar-refractivity contribution in [2.45, 2.75) is 13.3 Å². The van der Waals surface area contributed by atoms with Gasteiger partial charge in [0.15, 0.2) is 0 Å². The Kier molecular flexibility index (Phi) is 5.25. The fourth-order valence-corrected chi connectivity index (χ4v) is 0.403. The first kappa shape index (κ1) is 6.58. The largest absolute Gasteiger partial charge is 0.459 e. The maximum atomic E-state index is 9.65. The highest BCUT2D eigenvalue weighted by Crippen LogP contribution is 1.70. The van der Waals surface area contributed by atoms with Gasteiger partial charge in [-0.15, -0.1) is 5.92 Å². The SMILES string of the molecule is CC#CCC[S+]=O. The number of rotatable bonds is 2. The Morgan fingerprint density at radius 1 is 1.71 bits per heavy atom. The first-order valence-electron chi connectivity index (χ1n) is 2.06. The van der Waals surface area contributed by atoms with E-state index in [1.807, 2.05) is 0 Å². The molecule has 0 aromatic rings. The summed E-state index contributed by atoms with van der Waals surface area (Å²) in [7, 11) is 0. The molecule has 0 bridgehead atoms. The van der Waals surface area contributed by atoms with Crippen molar-refractivity contribution in [1.29, 1.82) is 0 Å². The molecule has 1 nitrogen and oxygen atoms in total. The van der Waals surface area contributed by atoms with Crippen LogP contribution in [0.1, 0.15) is 13.3 Å². The summed E-state index contributed by atoms with van der Waals surface area (Å²) in [4.78, 5) is 0. The van der Waals surface area contributed by atoms with Gasteiger partial charge in [-0.3, -0.25) is 0 Å². The van der Waals surface area contributed by atoms with E-state index in [-0.39, 0.29) is 0 Å².